The lowest BCUT2D eigenvalue weighted by Gasteiger charge is -2.08. The van der Waals surface area contributed by atoms with Gasteiger partial charge in [0.1, 0.15) is 5.01 Å². The van der Waals surface area contributed by atoms with Crippen molar-refractivity contribution in [2.24, 2.45) is 0 Å². The Morgan fingerprint density at radius 3 is 2.44 bits per heavy atom. The first-order valence-electron chi connectivity index (χ1n) is 7.88. The van der Waals surface area contributed by atoms with E-state index in [1.165, 1.54) is 6.20 Å². The van der Waals surface area contributed by atoms with Crippen molar-refractivity contribution in [3.63, 3.8) is 0 Å². The molecule has 0 saturated carbocycles. The van der Waals surface area contributed by atoms with Crippen LogP contribution in [0.2, 0.25) is 0 Å². The third kappa shape index (κ3) is 5.15. The number of nitrogens with one attached hydrogen (secondary N) is 1. The second-order valence-electron chi connectivity index (χ2n) is 5.02. The minimum Gasteiger partial charge on any atom is -0.462 e. The van der Waals surface area contributed by atoms with Gasteiger partial charge in [-0.05, 0) is 32.9 Å². The fraction of sp³-hybridized carbons (Fsp3) is 0.278. The third-order valence-electron chi connectivity index (χ3n) is 3.10. The van der Waals surface area contributed by atoms with Crippen LogP contribution in [0.4, 0.5) is 5.69 Å². The first kappa shape index (κ1) is 18.7. The molecule has 0 spiro atoms. The van der Waals surface area contributed by atoms with Gasteiger partial charge in [-0.1, -0.05) is 12.1 Å². The number of ether oxygens (including phenoxy) is 2. The average Bonchev–Trinajstić information content (AvgIpc) is 3.02. The molecule has 0 bridgehead atoms. The Balaban J connectivity index is 2.21. The fourth-order valence-electron chi connectivity index (χ4n) is 2.00. The van der Waals surface area contributed by atoms with E-state index in [-0.39, 0.29) is 18.8 Å². The maximum Gasteiger partial charge on any atom is 0.347 e. The number of thiazole rings is 1. The number of rotatable bonds is 7. The molecule has 1 aromatic heterocycles. The fourth-order valence-corrected chi connectivity index (χ4v) is 2.80. The minimum absolute atomic E-state index is 0.175. The van der Waals surface area contributed by atoms with Crippen LogP contribution in [0.15, 0.2) is 41.4 Å². The maximum absolute atomic E-state index is 11.9. The molecule has 1 heterocycles. The predicted octanol–water partition coefficient (Wildman–Crippen LogP) is 3.54. The molecular formula is C18H20N2O4S. The summed E-state index contributed by atoms with van der Waals surface area (Å²) in [6.07, 6.45) is 1.31. The molecule has 1 aromatic carbocycles. The Bertz CT molecular complexity index is 763. The zero-order valence-electron chi connectivity index (χ0n) is 14.4. The SMILES string of the molecule is CCOC(=O)C(=CNc1cccc(-c2nc(C)cs2)c1)C(=O)OCC. The van der Waals surface area contributed by atoms with E-state index < -0.39 is 11.9 Å². The summed E-state index contributed by atoms with van der Waals surface area (Å²) in [6, 6.07) is 7.54. The van der Waals surface area contributed by atoms with Crippen LogP contribution in [-0.2, 0) is 19.1 Å². The summed E-state index contributed by atoms with van der Waals surface area (Å²) >= 11 is 1.56. The van der Waals surface area contributed by atoms with Crippen molar-refractivity contribution in [1.82, 2.24) is 4.98 Å². The molecular weight excluding hydrogens is 340 g/mol. The van der Waals surface area contributed by atoms with E-state index in [0.29, 0.717) is 0 Å². The van der Waals surface area contributed by atoms with Crippen molar-refractivity contribution in [3.05, 3.63) is 47.1 Å². The van der Waals surface area contributed by atoms with Crippen molar-refractivity contribution in [3.8, 4) is 10.6 Å². The molecule has 25 heavy (non-hydrogen) atoms. The van der Waals surface area contributed by atoms with Crippen molar-refractivity contribution in [1.29, 1.82) is 0 Å². The van der Waals surface area contributed by atoms with Crippen LogP contribution in [0.25, 0.3) is 10.6 Å². The molecule has 7 heteroatoms. The summed E-state index contributed by atoms with van der Waals surface area (Å²) < 4.78 is 9.80. The van der Waals surface area contributed by atoms with Crippen molar-refractivity contribution in [2.45, 2.75) is 20.8 Å². The molecule has 0 unspecified atom stereocenters. The van der Waals surface area contributed by atoms with Gasteiger partial charge >= 0.3 is 11.9 Å². The number of esters is 2. The molecule has 0 saturated heterocycles. The Labute approximate surface area is 150 Å². The van der Waals surface area contributed by atoms with Gasteiger partial charge in [0.2, 0.25) is 0 Å². The largest absolute Gasteiger partial charge is 0.462 e. The van der Waals surface area contributed by atoms with Crippen LogP contribution in [0.5, 0.6) is 0 Å². The number of nitrogens with zero attached hydrogens (tertiary/aromatic N) is 1. The molecule has 0 aliphatic rings. The van der Waals surface area contributed by atoms with E-state index in [9.17, 15) is 9.59 Å². The molecule has 6 nitrogen and oxygen atoms in total. The van der Waals surface area contributed by atoms with E-state index >= 15 is 0 Å². The van der Waals surface area contributed by atoms with Crippen molar-refractivity contribution < 1.29 is 19.1 Å². The molecule has 2 rings (SSSR count). The highest BCUT2D eigenvalue weighted by molar-refractivity contribution is 7.13. The van der Waals surface area contributed by atoms with Crippen LogP contribution in [0.3, 0.4) is 0 Å². The molecule has 1 N–H and O–H groups in total. The zero-order valence-corrected chi connectivity index (χ0v) is 15.2. The van der Waals surface area contributed by atoms with E-state index in [0.717, 1.165) is 22.0 Å². The van der Waals surface area contributed by atoms with E-state index in [1.807, 2.05) is 36.6 Å². The number of anilines is 1. The molecule has 0 amide bonds. The van der Waals surface area contributed by atoms with Crippen LogP contribution in [0, 0.1) is 6.92 Å². The summed E-state index contributed by atoms with van der Waals surface area (Å²) in [6.45, 7) is 5.64. The van der Waals surface area contributed by atoms with Gasteiger partial charge in [-0.3, -0.25) is 0 Å². The monoisotopic (exact) mass is 360 g/mol. The Kier molecular flexibility index (Phi) is 6.71. The quantitative estimate of drug-likeness (QED) is 0.352. The number of benzene rings is 1. The van der Waals surface area contributed by atoms with Crippen molar-refractivity contribution >= 4 is 29.0 Å². The van der Waals surface area contributed by atoms with Crippen LogP contribution < -0.4 is 5.32 Å². The highest BCUT2D eigenvalue weighted by Gasteiger charge is 2.20. The van der Waals surface area contributed by atoms with E-state index in [2.05, 4.69) is 10.3 Å². The Morgan fingerprint density at radius 1 is 1.20 bits per heavy atom. The molecule has 0 aliphatic carbocycles. The topological polar surface area (TPSA) is 77.5 Å². The Hall–Kier alpha value is -2.67. The molecule has 132 valence electrons. The zero-order chi connectivity index (χ0) is 18.2. The number of carbonyl (C=O) groups excluding carboxylic acids is 2. The summed E-state index contributed by atoms with van der Waals surface area (Å²) in [5, 5.41) is 5.84. The Morgan fingerprint density at radius 2 is 1.88 bits per heavy atom. The molecule has 0 fully saturated rings. The second-order valence-corrected chi connectivity index (χ2v) is 5.88. The average molecular weight is 360 g/mol. The van der Waals surface area contributed by atoms with E-state index in [4.69, 9.17) is 9.47 Å². The smallest absolute Gasteiger partial charge is 0.347 e. The van der Waals surface area contributed by atoms with Crippen LogP contribution in [-0.4, -0.2) is 30.1 Å². The normalized spacial score (nSPS) is 10.0. The molecule has 0 radical (unpaired) electrons. The number of hydrogen-bond acceptors (Lipinski definition) is 7. The number of carbonyl (C=O) groups is 2. The van der Waals surface area contributed by atoms with Gasteiger partial charge in [0.15, 0.2) is 5.57 Å². The third-order valence-corrected chi connectivity index (χ3v) is 4.11. The van der Waals surface area contributed by atoms with Gasteiger partial charge in [0, 0.05) is 28.5 Å². The van der Waals surface area contributed by atoms with Crippen LogP contribution in [0.1, 0.15) is 19.5 Å². The summed E-state index contributed by atoms with van der Waals surface area (Å²) in [4.78, 5) is 28.3. The van der Waals surface area contributed by atoms with Crippen LogP contribution >= 0.6 is 11.3 Å². The lowest BCUT2D eigenvalue weighted by Crippen LogP contribution is -2.19. The standard InChI is InChI=1S/C18H20N2O4S/c1-4-23-17(21)15(18(22)24-5-2)10-19-14-8-6-7-13(9-14)16-20-12(3)11-25-16/h6-11,19H,4-5H2,1-3H3. The highest BCUT2D eigenvalue weighted by Crippen LogP contribution is 2.26. The molecule has 2 aromatic rings. The van der Waals surface area contributed by atoms with Gasteiger partial charge < -0.3 is 14.8 Å². The first-order chi connectivity index (χ1) is 12.0. The summed E-state index contributed by atoms with van der Waals surface area (Å²) in [5.74, 6) is -1.44. The number of hydrogen-bond donors (Lipinski definition) is 1. The summed E-state index contributed by atoms with van der Waals surface area (Å²) in [5.41, 5.74) is 2.45. The van der Waals surface area contributed by atoms with Gasteiger partial charge in [0.05, 0.1) is 13.2 Å². The highest BCUT2D eigenvalue weighted by atomic mass is 32.1. The number of aryl methyl sites for hydroxylation is 1. The summed E-state index contributed by atoms with van der Waals surface area (Å²) in [7, 11) is 0. The van der Waals surface area contributed by atoms with Gasteiger partial charge in [-0.25, -0.2) is 14.6 Å². The predicted molar refractivity (Wildman–Crippen MR) is 97.3 cm³/mol. The lowest BCUT2D eigenvalue weighted by molar-refractivity contribution is -0.146. The van der Waals surface area contributed by atoms with Gasteiger partial charge in [-0.2, -0.15) is 0 Å². The van der Waals surface area contributed by atoms with E-state index in [1.54, 1.807) is 25.2 Å². The molecule has 0 aliphatic heterocycles. The maximum atomic E-state index is 11.9. The minimum atomic E-state index is -0.722. The van der Waals surface area contributed by atoms with Gasteiger partial charge in [0.25, 0.3) is 0 Å². The van der Waals surface area contributed by atoms with Crippen molar-refractivity contribution in [2.75, 3.05) is 18.5 Å². The lowest BCUT2D eigenvalue weighted by atomic mass is 10.2. The first-order valence-corrected chi connectivity index (χ1v) is 8.76. The second kappa shape index (κ2) is 8.98. The number of aromatic nitrogens is 1. The van der Waals surface area contributed by atoms with Gasteiger partial charge in [-0.15, -0.1) is 11.3 Å². The molecule has 0 atom stereocenters.